The van der Waals surface area contributed by atoms with Gasteiger partial charge in [0.05, 0.1) is 7.11 Å². The average molecular weight is 273 g/mol. The SMILES string of the molecule is COc1ccc(C)cc1CNC(C)c1ccccc1F. The van der Waals surface area contributed by atoms with Crippen molar-refractivity contribution in [3.8, 4) is 5.75 Å². The fraction of sp³-hybridized carbons (Fsp3) is 0.294. The van der Waals surface area contributed by atoms with Gasteiger partial charge in [0.25, 0.3) is 0 Å². The first kappa shape index (κ1) is 14.5. The Morgan fingerprint density at radius 3 is 2.65 bits per heavy atom. The molecule has 1 unspecified atom stereocenters. The summed E-state index contributed by atoms with van der Waals surface area (Å²) in [6, 6.07) is 12.9. The highest BCUT2D eigenvalue weighted by Gasteiger charge is 2.11. The molecule has 2 aromatic carbocycles. The maximum atomic E-state index is 13.7. The van der Waals surface area contributed by atoms with E-state index < -0.39 is 0 Å². The van der Waals surface area contributed by atoms with Gasteiger partial charge in [-0.05, 0) is 26.0 Å². The van der Waals surface area contributed by atoms with Crippen LogP contribution in [0.4, 0.5) is 4.39 Å². The van der Waals surface area contributed by atoms with Crippen molar-refractivity contribution >= 4 is 0 Å². The summed E-state index contributed by atoms with van der Waals surface area (Å²) in [6.45, 7) is 4.64. The zero-order chi connectivity index (χ0) is 14.5. The van der Waals surface area contributed by atoms with Gasteiger partial charge in [-0.25, -0.2) is 4.39 Å². The zero-order valence-electron chi connectivity index (χ0n) is 12.1. The van der Waals surface area contributed by atoms with Crippen LogP contribution < -0.4 is 10.1 Å². The lowest BCUT2D eigenvalue weighted by Crippen LogP contribution is -2.19. The molecule has 0 aliphatic rings. The van der Waals surface area contributed by atoms with Crippen LogP contribution in [0, 0.1) is 12.7 Å². The summed E-state index contributed by atoms with van der Waals surface area (Å²) in [5.74, 6) is 0.674. The molecule has 0 saturated heterocycles. The van der Waals surface area contributed by atoms with E-state index in [-0.39, 0.29) is 11.9 Å². The van der Waals surface area contributed by atoms with E-state index in [9.17, 15) is 4.39 Å². The van der Waals surface area contributed by atoms with Crippen molar-refractivity contribution in [2.24, 2.45) is 0 Å². The highest BCUT2D eigenvalue weighted by molar-refractivity contribution is 5.37. The molecule has 1 atom stereocenters. The molecular formula is C17H20FNO. The number of methoxy groups -OCH3 is 1. The highest BCUT2D eigenvalue weighted by Crippen LogP contribution is 2.21. The maximum Gasteiger partial charge on any atom is 0.127 e. The Morgan fingerprint density at radius 1 is 1.20 bits per heavy atom. The van der Waals surface area contributed by atoms with E-state index in [4.69, 9.17) is 4.74 Å². The van der Waals surface area contributed by atoms with Crippen LogP contribution in [0.25, 0.3) is 0 Å². The molecule has 0 bridgehead atoms. The number of benzene rings is 2. The molecule has 0 aliphatic carbocycles. The van der Waals surface area contributed by atoms with Gasteiger partial charge in [0, 0.05) is 23.7 Å². The number of aryl methyl sites for hydroxylation is 1. The Bertz CT molecular complexity index is 583. The van der Waals surface area contributed by atoms with Gasteiger partial charge in [0.15, 0.2) is 0 Å². The van der Waals surface area contributed by atoms with E-state index in [0.29, 0.717) is 12.1 Å². The first-order valence-corrected chi connectivity index (χ1v) is 6.73. The van der Waals surface area contributed by atoms with E-state index >= 15 is 0 Å². The highest BCUT2D eigenvalue weighted by atomic mass is 19.1. The third kappa shape index (κ3) is 3.36. The van der Waals surface area contributed by atoms with Crippen LogP contribution in [-0.4, -0.2) is 7.11 Å². The topological polar surface area (TPSA) is 21.3 Å². The molecule has 0 aliphatic heterocycles. The summed E-state index contributed by atoms with van der Waals surface area (Å²) in [6.07, 6.45) is 0. The predicted molar refractivity (Wildman–Crippen MR) is 79.4 cm³/mol. The van der Waals surface area contributed by atoms with E-state index in [1.54, 1.807) is 19.2 Å². The fourth-order valence-corrected chi connectivity index (χ4v) is 2.24. The second kappa shape index (κ2) is 6.53. The number of hydrogen-bond acceptors (Lipinski definition) is 2. The van der Waals surface area contributed by atoms with Gasteiger partial charge in [-0.15, -0.1) is 0 Å². The van der Waals surface area contributed by atoms with Crippen LogP contribution in [0.2, 0.25) is 0 Å². The molecule has 0 spiro atoms. The van der Waals surface area contributed by atoms with E-state index in [1.165, 1.54) is 11.6 Å². The van der Waals surface area contributed by atoms with E-state index in [0.717, 1.165) is 11.3 Å². The molecular weight excluding hydrogens is 253 g/mol. The van der Waals surface area contributed by atoms with Gasteiger partial charge in [0.1, 0.15) is 11.6 Å². The zero-order valence-corrected chi connectivity index (χ0v) is 12.1. The summed E-state index contributed by atoms with van der Waals surface area (Å²) >= 11 is 0. The normalized spacial score (nSPS) is 12.2. The second-order valence-corrected chi connectivity index (χ2v) is 4.94. The Morgan fingerprint density at radius 2 is 1.95 bits per heavy atom. The largest absolute Gasteiger partial charge is 0.496 e. The standard InChI is InChI=1S/C17H20FNO/c1-12-8-9-17(20-3)14(10-12)11-19-13(2)15-6-4-5-7-16(15)18/h4-10,13,19H,11H2,1-3H3. The van der Waals surface area contributed by atoms with Crippen LogP contribution >= 0.6 is 0 Å². The first-order chi connectivity index (χ1) is 9.61. The predicted octanol–water partition coefficient (Wildman–Crippen LogP) is 3.99. The van der Waals surface area contributed by atoms with Crippen LogP contribution in [0.1, 0.15) is 29.7 Å². The molecule has 0 heterocycles. The maximum absolute atomic E-state index is 13.7. The smallest absolute Gasteiger partial charge is 0.127 e. The van der Waals surface area contributed by atoms with Crippen molar-refractivity contribution in [2.75, 3.05) is 7.11 Å². The van der Waals surface area contributed by atoms with Crippen LogP contribution in [0.5, 0.6) is 5.75 Å². The van der Waals surface area contributed by atoms with E-state index in [1.807, 2.05) is 32.0 Å². The van der Waals surface area contributed by atoms with Gasteiger partial charge >= 0.3 is 0 Å². The van der Waals surface area contributed by atoms with Crippen molar-refractivity contribution in [3.05, 3.63) is 65.0 Å². The summed E-state index contributed by atoms with van der Waals surface area (Å²) < 4.78 is 19.1. The minimum absolute atomic E-state index is 0.0542. The van der Waals surface area contributed by atoms with Crippen LogP contribution in [-0.2, 0) is 6.54 Å². The van der Waals surface area contributed by atoms with Gasteiger partial charge in [-0.3, -0.25) is 0 Å². The Labute approximate surface area is 119 Å². The van der Waals surface area contributed by atoms with Crippen molar-refractivity contribution in [1.82, 2.24) is 5.32 Å². The minimum Gasteiger partial charge on any atom is -0.496 e. The number of ether oxygens (including phenoxy) is 1. The minimum atomic E-state index is -0.177. The number of hydrogen-bond donors (Lipinski definition) is 1. The molecule has 0 amide bonds. The van der Waals surface area contributed by atoms with Crippen LogP contribution in [0.3, 0.4) is 0 Å². The summed E-state index contributed by atoms with van der Waals surface area (Å²) in [5, 5.41) is 3.34. The monoisotopic (exact) mass is 273 g/mol. The number of halogens is 1. The lowest BCUT2D eigenvalue weighted by molar-refractivity contribution is 0.405. The Hall–Kier alpha value is -1.87. The lowest BCUT2D eigenvalue weighted by atomic mass is 10.1. The molecule has 0 fully saturated rings. The molecule has 0 radical (unpaired) electrons. The average Bonchev–Trinajstić information content (AvgIpc) is 2.45. The lowest BCUT2D eigenvalue weighted by Gasteiger charge is -2.16. The van der Waals surface area contributed by atoms with Crippen molar-refractivity contribution < 1.29 is 9.13 Å². The third-order valence-electron chi connectivity index (χ3n) is 3.41. The molecule has 0 aromatic heterocycles. The number of nitrogens with one attached hydrogen (secondary N) is 1. The fourth-order valence-electron chi connectivity index (χ4n) is 2.24. The van der Waals surface area contributed by atoms with Gasteiger partial charge < -0.3 is 10.1 Å². The second-order valence-electron chi connectivity index (χ2n) is 4.94. The van der Waals surface area contributed by atoms with E-state index in [2.05, 4.69) is 11.4 Å². The number of rotatable bonds is 5. The summed E-state index contributed by atoms with van der Waals surface area (Å²) in [5.41, 5.74) is 2.94. The van der Waals surface area contributed by atoms with Gasteiger partial charge in [-0.1, -0.05) is 35.9 Å². The first-order valence-electron chi connectivity index (χ1n) is 6.73. The van der Waals surface area contributed by atoms with Crippen molar-refractivity contribution in [1.29, 1.82) is 0 Å². The molecule has 3 heteroatoms. The van der Waals surface area contributed by atoms with Gasteiger partial charge in [0.2, 0.25) is 0 Å². The summed E-state index contributed by atoms with van der Waals surface area (Å²) in [4.78, 5) is 0. The quantitative estimate of drug-likeness (QED) is 0.889. The summed E-state index contributed by atoms with van der Waals surface area (Å²) in [7, 11) is 1.66. The molecule has 1 N–H and O–H groups in total. The van der Waals surface area contributed by atoms with Crippen LogP contribution in [0.15, 0.2) is 42.5 Å². The molecule has 2 aromatic rings. The molecule has 0 saturated carbocycles. The van der Waals surface area contributed by atoms with Crippen molar-refractivity contribution in [2.45, 2.75) is 26.4 Å². The van der Waals surface area contributed by atoms with Gasteiger partial charge in [-0.2, -0.15) is 0 Å². The Kier molecular flexibility index (Phi) is 4.74. The third-order valence-corrected chi connectivity index (χ3v) is 3.41. The molecule has 2 rings (SSSR count). The molecule has 20 heavy (non-hydrogen) atoms. The molecule has 106 valence electrons. The Balaban J connectivity index is 2.09. The molecule has 2 nitrogen and oxygen atoms in total. The van der Waals surface area contributed by atoms with Crippen molar-refractivity contribution in [3.63, 3.8) is 0 Å².